The monoisotopic (exact) mass is 435 g/mol. The van der Waals surface area contributed by atoms with Crippen molar-refractivity contribution in [1.82, 2.24) is 20.3 Å². The van der Waals surface area contributed by atoms with Crippen molar-refractivity contribution in [3.8, 4) is 0 Å². The first-order valence-corrected chi connectivity index (χ1v) is 10.1. The second kappa shape index (κ2) is 7.67. The molecule has 154 valence electrons. The smallest absolute Gasteiger partial charge is 0.263 e. The molecule has 0 spiro atoms. The van der Waals surface area contributed by atoms with Gasteiger partial charge in [-0.1, -0.05) is 5.11 Å². The molecule has 0 saturated carbocycles. The van der Waals surface area contributed by atoms with Crippen LogP contribution in [0.5, 0.6) is 0 Å². The number of nitrogens with zero attached hydrogens (tertiary/aromatic N) is 6. The summed E-state index contributed by atoms with van der Waals surface area (Å²) in [5.41, 5.74) is 10.0. The molecule has 0 unspecified atom stereocenters. The first-order valence-electron chi connectivity index (χ1n) is 9.29. The highest BCUT2D eigenvalue weighted by molar-refractivity contribution is 7.21. The summed E-state index contributed by atoms with van der Waals surface area (Å²) in [5.74, 6) is -0.0331. The Morgan fingerprint density at radius 3 is 3.03 bits per heavy atom. The van der Waals surface area contributed by atoms with Gasteiger partial charge in [-0.15, -0.1) is 11.3 Å². The molecule has 4 aromatic rings. The highest BCUT2D eigenvalue weighted by atomic mass is 32.1. The van der Waals surface area contributed by atoms with Crippen molar-refractivity contribution >= 4 is 55.6 Å². The summed E-state index contributed by atoms with van der Waals surface area (Å²) in [4.78, 5) is 28.1. The van der Waals surface area contributed by atoms with E-state index in [1.165, 1.54) is 17.4 Å². The molecule has 1 aliphatic heterocycles. The summed E-state index contributed by atoms with van der Waals surface area (Å²) in [6.45, 7) is 0.607. The highest BCUT2D eigenvalue weighted by Crippen LogP contribution is 2.41. The number of benzene rings is 1. The van der Waals surface area contributed by atoms with Crippen LogP contribution in [0.15, 0.2) is 41.8 Å². The summed E-state index contributed by atoms with van der Waals surface area (Å²) >= 11 is 1.39. The minimum atomic E-state index is -0.635. The number of aromatic nitrogens is 3. The third-order valence-electron chi connectivity index (χ3n) is 4.84. The van der Waals surface area contributed by atoms with E-state index in [1.54, 1.807) is 6.07 Å². The lowest BCUT2D eigenvalue weighted by Gasteiger charge is -2.13. The van der Waals surface area contributed by atoms with Crippen molar-refractivity contribution in [2.24, 2.45) is 5.11 Å². The maximum absolute atomic E-state index is 13.3. The largest absolute Gasteiger partial charge is 0.381 e. The first kappa shape index (κ1) is 19.0. The lowest BCUT2D eigenvalue weighted by atomic mass is 10.1. The van der Waals surface area contributed by atoms with Crippen LogP contribution in [0.1, 0.15) is 9.67 Å². The van der Waals surface area contributed by atoms with Gasteiger partial charge in [0.15, 0.2) is 0 Å². The molecule has 3 N–H and O–H groups in total. The highest BCUT2D eigenvalue weighted by Gasteiger charge is 2.26. The van der Waals surface area contributed by atoms with Crippen LogP contribution in [0.2, 0.25) is 0 Å². The molecule has 4 heterocycles. The first-order chi connectivity index (χ1) is 15.1. The van der Waals surface area contributed by atoms with Gasteiger partial charge >= 0.3 is 0 Å². The molecule has 1 amide bonds. The lowest BCUT2D eigenvalue weighted by Crippen LogP contribution is -2.39. The van der Waals surface area contributed by atoms with E-state index in [2.05, 4.69) is 40.9 Å². The number of azide groups is 1. The fraction of sp³-hybridized carbons (Fsp3) is 0.158. The second-order valence-corrected chi connectivity index (χ2v) is 7.88. The average molecular weight is 435 g/mol. The van der Waals surface area contributed by atoms with Gasteiger partial charge in [-0.3, -0.25) is 4.79 Å². The van der Waals surface area contributed by atoms with Crippen LogP contribution in [0, 0.1) is 5.95 Å². The predicted octanol–water partition coefficient (Wildman–Crippen LogP) is 3.96. The summed E-state index contributed by atoms with van der Waals surface area (Å²) in [7, 11) is 0. The molecule has 0 radical (unpaired) electrons. The number of hydrogen-bond acceptors (Lipinski definition) is 8. The zero-order valence-corrected chi connectivity index (χ0v) is 16.6. The van der Waals surface area contributed by atoms with Crippen LogP contribution in [-0.4, -0.2) is 40.0 Å². The molecular formula is C19H14FN9OS. The molecule has 5 rings (SSSR count). The standard InChI is InChI=1S/C19H14FN9OS/c20-13-5-15(24-8-23-13)28-14-4-1-10-11(27-14)2-3-12-16(10)17-18(31-12)19(30)26-9(6-22-17)7-25-29-21/h1-5,8-9,22H,6-7H2,(H,26,30)(H,23,24,27,28)/t9-/m1/s1. The Kier molecular flexibility index (Phi) is 4.69. The van der Waals surface area contributed by atoms with Gasteiger partial charge in [-0.05, 0) is 29.8 Å². The molecule has 0 aliphatic carbocycles. The van der Waals surface area contributed by atoms with Gasteiger partial charge < -0.3 is 16.0 Å². The third-order valence-corrected chi connectivity index (χ3v) is 6.00. The molecule has 12 heteroatoms. The van der Waals surface area contributed by atoms with E-state index in [1.807, 2.05) is 18.2 Å². The van der Waals surface area contributed by atoms with Crippen molar-refractivity contribution in [3.63, 3.8) is 0 Å². The van der Waals surface area contributed by atoms with Crippen molar-refractivity contribution in [1.29, 1.82) is 0 Å². The SMILES string of the molecule is [N-]=[N+]=NC[C@H]1CNc2c(sc3ccc4nc(Nc5cc(F)ncn5)ccc4c23)C(=O)N1. The Morgan fingerprint density at radius 1 is 1.29 bits per heavy atom. The van der Waals surface area contributed by atoms with Gasteiger partial charge in [0.25, 0.3) is 5.91 Å². The number of thiophene rings is 1. The Hall–Kier alpha value is -4.02. The number of carbonyl (C=O) groups is 1. The maximum Gasteiger partial charge on any atom is 0.263 e. The number of rotatable bonds is 4. The van der Waals surface area contributed by atoms with E-state index in [9.17, 15) is 9.18 Å². The van der Waals surface area contributed by atoms with Crippen LogP contribution >= 0.6 is 11.3 Å². The Labute approximate surface area is 178 Å². The average Bonchev–Trinajstić information content (AvgIpc) is 3.07. The minimum absolute atomic E-state index is 0.170. The maximum atomic E-state index is 13.3. The van der Waals surface area contributed by atoms with Crippen molar-refractivity contribution < 1.29 is 9.18 Å². The van der Waals surface area contributed by atoms with Crippen molar-refractivity contribution in [2.75, 3.05) is 23.7 Å². The summed E-state index contributed by atoms with van der Waals surface area (Å²) < 4.78 is 14.3. The quantitative estimate of drug-likeness (QED) is 0.192. The zero-order chi connectivity index (χ0) is 21.4. The minimum Gasteiger partial charge on any atom is -0.381 e. The molecule has 31 heavy (non-hydrogen) atoms. The van der Waals surface area contributed by atoms with Gasteiger partial charge in [-0.25, -0.2) is 15.0 Å². The number of pyridine rings is 1. The summed E-state index contributed by atoms with van der Waals surface area (Å²) in [5, 5.41) is 14.5. The topological polar surface area (TPSA) is 141 Å². The van der Waals surface area contributed by atoms with E-state index < -0.39 is 5.95 Å². The fourth-order valence-electron chi connectivity index (χ4n) is 3.51. The molecule has 0 saturated heterocycles. The molecule has 1 aliphatic rings. The third kappa shape index (κ3) is 3.54. The molecule has 3 aromatic heterocycles. The number of hydrogen-bond donors (Lipinski definition) is 3. The number of anilines is 3. The number of nitrogens with one attached hydrogen (secondary N) is 3. The number of amides is 1. The molecule has 0 bridgehead atoms. The van der Waals surface area contributed by atoms with Crippen LogP contribution in [0.3, 0.4) is 0 Å². The predicted molar refractivity (Wildman–Crippen MR) is 116 cm³/mol. The number of fused-ring (bicyclic) bond motifs is 5. The normalized spacial score (nSPS) is 15.5. The van der Waals surface area contributed by atoms with E-state index >= 15 is 0 Å². The number of halogens is 1. The van der Waals surface area contributed by atoms with E-state index in [-0.39, 0.29) is 18.5 Å². The van der Waals surface area contributed by atoms with Crippen molar-refractivity contribution in [2.45, 2.75) is 6.04 Å². The van der Waals surface area contributed by atoms with Crippen molar-refractivity contribution in [3.05, 3.63) is 57.9 Å². The van der Waals surface area contributed by atoms with Gasteiger partial charge in [0.05, 0.1) is 17.2 Å². The van der Waals surface area contributed by atoms with Gasteiger partial charge in [0.2, 0.25) is 5.95 Å². The van der Waals surface area contributed by atoms with E-state index in [0.29, 0.717) is 28.6 Å². The Bertz CT molecular complexity index is 1380. The molecular weight excluding hydrogens is 421 g/mol. The molecule has 1 atom stereocenters. The summed E-state index contributed by atoms with van der Waals surface area (Å²) in [6.07, 6.45) is 1.13. The lowest BCUT2D eigenvalue weighted by molar-refractivity contribution is 0.0947. The number of carbonyl (C=O) groups excluding carboxylic acids is 1. The second-order valence-electron chi connectivity index (χ2n) is 6.82. The fourth-order valence-corrected chi connectivity index (χ4v) is 4.60. The molecule has 0 fully saturated rings. The van der Waals surface area contributed by atoms with Gasteiger partial charge in [0.1, 0.15) is 22.8 Å². The van der Waals surface area contributed by atoms with Crippen LogP contribution < -0.4 is 16.0 Å². The van der Waals surface area contributed by atoms with E-state index in [0.717, 1.165) is 27.5 Å². The molecule has 1 aromatic carbocycles. The van der Waals surface area contributed by atoms with Gasteiger partial charge in [-0.2, -0.15) is 4.39 Å². The van der Waals surface area contributed by atoms with Crippen LogP contribution in [-0.2, 0) is 0 Å². The Balaban J connectivity index is 1.54. The molecule has 10 nitrogen and oxygen atoms in total. The Morgan fingerprint density at radius 2 is 2.19 bits per heavy atom. The van der Waals surface area contributed by atoms with Crippen LogP contribution in [0.25, 0.3) is 31.4 Å². The summed E-state index contributed by atoms with van der Waals surface area (Å²) in [6, 6.07) is 8.36. The van der Waals surface area contributed by atoms with Crippen LogP contribution in [0.4, 0.5) is 21.7 Å². The van der Waals surface area contributed by atoms with Gasteiger partial charge in [0, 0.05) is 39.5 Å². The van der Waals surface area contributed by atoms with E-state index in [4.69, 9.17) is 5.53 Å². The zero-order valence-electron chi connectivity index (χ0n) is 15.8.